The normalized spacial score (nSPS) is 10.5. The molecule has 1 aromatic carbocycles. The molecule has 0 amide bonds. The van der Waals surface area contributed by atoms with Gasteiger partial charge in [-0.2, -0.15) is 0 Å². The quantitative estimate of drug-likeness (QED) is 0.893. The summed E-state index contributed by atoms with van der Waals surface area (Å²) in [5.74, 6) is 0. The molecule has 0 aliphatic carbocycles. The van der Waals surface area contributed by atoms with Crippen molar-refractivity contribution in [1.82, 2.24) is 4.98 Å². The Morgan fingerprint density at radius 1 is 1.16 bits per heavy atom. The Labute approximate surface area is 114 Å². The number of aromatic nitrogens is 1. The predicted octanol–water partition coefficient (Wildman–Crippen LogP) is 2.56. The van der Waals surface area contributed by atoms with Gasteiger partial charge in [0.15, 0.2) is 0 Å². The Balaban J connectivity index is 2.05. The topological polar surface area (TPSA) is 36.4 Å². The van der Waals surface area contributed by atoms with E-state index in [2.05, 4.69) is 29.1 Å². The highest BCUT2D eigenvalue weighted by atomic mass is 16.3. The Kier molecular flexibility index (Phi) is 4.53. The number of benzene rings is 1. The highest BCUT2D eigenvalue weighted by Crippen LogP contribution is 2.21. The summed E-state index contributed by atoms with van der Waals surface area (Å²) >= 11 is 0. The maximum atomic E-state index is 9.44. The molecule has 0 radical (unpaired) electrons. The van der Waals surface area contributed by atoms with Crippen LogP contribution in [0.1, 0.15) is 16.7 Å². The van der Waals surface area contributed by atoms with E-state index in [9.17, 15) is 5.11 Å². The van der Waals surface area contributed by atoms with E-state index in [0.717, 1.165) is 24.2 Å². The second-order valence-electron chi connectivity index (χ2n) is 4.82. The highest BCUT2D eigenvalue weighted by Gasteiger charge is 2.07. The van der Waals surface area contributed by atoms with E-state index < -0.39 is 0 Å². The fraction of sp³-hybridized carbons (Fsp3) is 0.312. The molecule has 2 rings (SSSR count). The lowest BCUT2D eigenvalue weighted by atomic mass is 10.1. The van der Waals surface area contributed by atoms with E-state index in [-0.39, 0.29) is 6.61 Å². The zero-order valence-electron chi connectivity index (χ0n) is 11.5. The molecule has 0 unspecified atom stereocenters. The van der Waals surface area contributed by atoms with E-state index >= 15 is 0 Å². The van der Waals surface area contributed by atoms with Gasteiger partial charge in [-0.3, -0.25) is 4.98 Å². The van der Waals surface area contributed by atoms with Crippen molar-refractivity contribution >= 4 is 5.69 Å². The van der Waals surface area contributed by atoms with Gasteiger partial charge in [0.25, 0.3) is 0 Å². The van der Waals surface area contributed by atoms with Crippen molar-refractivity contribution in [3.05, 3.63) is 59.4 Å². The number of pyridine rings is 1. The summed E-state index contributed by atoms with van der Waals surface area (Å²) < 4.78 is 0. The molecule has 19 heavy (non-hydrogen) atoms. The second kappa shape index (κ2) is 6.34. The summed E-state index contributed by atoms with van der Waals surface area (Å²) in [5.41, 5.74) is 4.54. The van der Waals surface area contributed by atoms with Crippen LogP contribution in [0.3, 0.4) is 0 Å². The van der Waals surface area contributed by atoms with Gasteiger partial charge in [0, 0.05) is 37.2 Å². The van der Waals surface area contributed by atoms with Crippen molar-refractivity contribution < 1.29 is 5.11 Å². The number of aliphatic hydroxyl groups excluding tert-OH is 1. The Hall–Kier alpha value is -1.87. The lowest BCUT2D eigenvalue weighted by Gasteiger charge is -2.22. The summed E-state index contributed by atoms with van der Waals surface area (Å²) in [5, 5.41) is 9.44. The van der Waals surface area contributed by atoms with Crippen LogP contribution in [0.4, 0.5) is 5.69 Å². The first kappa shape index (κ1) is 13.6. The van der Waals surface area contributed by atoms with Crippen LogP contribution in [0.25, 0.3) is 0 Å². The SMILES string of the molecule is Cc1ccc(N(C)CCc2ccncc2)c(CO)c1. The molecule has 0 saturated heterocycles. The molecule has 1 heterocycles. The van der Waals surface area contributed by atoms with Crippen LogP contribution < -0.4 is 4.90 Å². The number of aliphatic hydroxyl groups is 1. The molecular weight excluding hydrogens is 236 g/mol. The molecule has 0 atom stereocenters. The van der Waals surface area contributed by atoms with E-state index in [1.165, 1.54) is 11.1 Å². The number of nitrogens with zero attached hydrogens (tertiary/aromatic N) is 2. The first-order valence-electron chi connectivity index (χ1n) is 6.51. The lowest BCUT2D eigenvalue weighted by molar-refractivity contribution is 0.282. The molecule has 1 aromatic heterocycles. The molecule has 0 saturated carbocycles. The minimum absolute atomic E-state index is 0.0800. The zero-order chi connectivity index (χ0) is 13.7. The number of likely N-dealkylation sites (N-methyl/N-ethyl adjacent to an activating group) is 1. The average molecular weight is 256 g/mol. The first-order chi connectivity index (χ1) is 9.20. The molecule has 3 nitrogen and oxygen atoms in total. The number of aryl methyl sites for hydroxylation is 1. The van der Waals surface area contributed by atoms with Gasteiger partial charge in [-0.05, 0) is 37.1 Å². The fourth-order valence-electron chi connectivity index (χ4n) is 2.18. The summed E-state index contributed by atoms with van der Waals surface area (Å²) in [7, 11) is 2.06. The van der Waals surface area contributed by atoms with Crippen molar-refractivity contribution in [1.29, 1.82) is 0 Å². The minimum Gasteiger partial charge on any atom is -0.392 e. The van der Waals surface area contributed by atoms with Crippen molar-refractivity contribution in [2.45, 2.75) is 20.0 Å². The molecule has 0 spiro atoms. The van der Waals surface area contributed by atoms with Crippen LogP contribution in [-0.4, -0.2) is 23.7 Å². The van der Waals surface area contributed by atoms with Crippen LogP contribution in [-0.2, 0) is 13.0 Å². The van der Waals surface area contributed by atoms with Gasteiger partial charge in [0.2, 0.25) is 0 Å². The molecule has 1 N–H and O–H groups in total. The zero-order valence-corrected chi connectivity index (χ0v) is 11.5. The number of hydrogen-bond donors (Lipinski definition) is 1. The second-order valence-corrected chi connectivity index (χ2v) is 4.82. The van der Waals surface area contributed by atoms with Crippen LogP contribution in [0.15, 0.2) is 42.7 Å². The van der Waals surface area contributed by atoms with Gasteiger partial charge in [-0.25, -0.2) is 0 Å². The maximum Gasteiger partial charge on any atom is 0.0702 e. The number of rotatable bonds is 5. The predicted molar refractivity (Wildman–Crippen MR) is 78.3 cm³/mol. The smallest absolute Gasteiger partial charge is 0.0702 e. The maximum absolute atomic E-state index is 9.44. The summed E-state index contributed by atoms with van der Waals surface area (Å²) in [6.07, 6.45) is 4.61. The van der Waals surface area contributed by atoms with Crippen LogP contribution in [0.2, 0.25) is 0 Å². The van der Waals surface area contributed by atoms with Gasteiger partial charge >= 0.3 is 0 Å². The van der Waals surface area contributed by atoms with Gasteiger partial charge in [-0.15, -0.1) is 0 Å². The number of anilines is 1. The molecule has 0 aliphatic heterocycles. The molecule has 100 valence electrons. The fourth-order valence-corrected chi connectivity index (χ4v) is 2.18. The van der Waals surface area contributed by atoms with Gasteiger partial charge in [-0.1, -0.05) is 17.7 Å². The molecule has 0 bridgehead atoms. The van der Waals surface area contributed by atoms with E-state index in [4.69, 9.17) is 0 Å². The van der Waals surface area contributed by atoms with Crippen molar-refractivity contribution in [2.75, 3.05) is 18.5 Å². The standard InChI is InChI=1S/C16H20N2O/c1-13-3-4-16(15(11-13)12-19)18(2)10-7-14-5-8-17-9-6-14/h3-6,8-9,11,19H,7,10,12H2,1-2H3. The van der Waals surface area contributed by atoms with Crippen molar-refractivity contribution in [2.24, 2.45) is 0 Å². The third-order valence-corrected chi connectivity index (χ3v) is 3.30. The molecule has 2 aromatic rings. The Morgan fingerprint density at radius 2 is 1.89 bits per heavy atom. The van der Waals surface area contributed by atoms with Crippen molar-refractivity contribution in [3.8, 4) is 0 Å². The minimum atomic E-state index is 0.0800. The van der Waals surface area contributed by atoms with E-state index in [0.29, 0.717) is 0 Å². The van der Waals surface area contributed by atoms with Gasteiger partial charge in [0.05, 0.1) is 6.61 Å². The lowest BCUT2D eigenvalue weighted by Crippen LogP contribution is -2.21. The third kappa shape index (κ3) is 3.55. The van der Waals surface area contributed by atoms with Crippen molar-refractivity contribution in [3.63, 3.8) is 0 Å². The van der Waals surface area contributed by atoms with Gasteiger partial charge in [0.1, 0.15) is 0 Å². The molecule has 0 aliphatic rings. The Bertz CT molecular complexity index is 526. The van der Waals surface area contributed by atoms with Crippen LogP contribution in [0, 0.1) is 6.92 Å². The molecule has 3 heteroatoms. The summed E-state index contributed by atoms with van der Waals surface area (Å²) in [6.45, 7) is 3.04. The summed E-state index contributed by atoms with van der Waals surface area (Å²) in [4.78, 5) is 6.21. The number of hydrogen-bond acceptors (Lipinski definition) is 3. The van der Waals surface area contributed by atoms with E-state index in [1.54, 1.807) is 0 Å². The third-order valence-electron chi connectivity index (χ3n) is 3.30. The monoisotopic (exact) mass is 256 g/mol. The Morgan fingerprint density at radius 3 is 2.58 bits per heavy atom. The van der Waals surface area contributed by atoms with Gasteiger partial charge < -0.3 is 10.0 Å². The van der Waals surface area contributed by atoms with E-state index in [1.807, 2.05) is 37.5 Å². The molecular formula is C16H20N2O. The average Bonchev–Trinajstić information content (AvgIpc) is 2.45. The largest absolute Gasteiger partial charge is 0.392 e. The van der Waals surface area contributed by atoms with Crippen LogP contribution >= 0.6 is 0 Å². The van der Waals surface area contributed by atoms with Crippen LogP contribution in [0.5, 0.6) is 0 Å². The molecule has 0 fully saturated rings. The highest BCUT2D eigenvalue weighted by molar-refractivity contribution is 5.54. The first-order valence-corrected chi connectivity index (χ1v) is 6.51. The summed E-state index contributed by atoms with van der Waals surface area (Å²) in [6, 6.07) is 10.3.